The molecule has 0 atom stereocenters. The fourth-order valence-electron chi connectivity index (χ4n) is 4.77. The van der Waals surface area contributed by atoms with E-state index in [4.69, 9.17) is 14.5 Å². The molecule has 0 radical (unpaired) electrons. The Bertz CT molecular complexity index is 1730. The normalized spacial score (nSPS) is 13.9. The van der Waals surface area contributed by atoms with Crippen LogP contribution in [0.15, 0.2) is 102 Å². The largest absolute Gasteiger partial charge is 0.457 e. The molecule has 1 aromatic heterocycles. The number of nitrogens with zero attached hydrogens (tertiary/aromatic N) is 3. The predicted molar refractivity (Wildman–Crippen MR) is 147 cm³/mol. The third-order valence-electron chi connectivity index (χ3n) is 6.75. The lowest BCUT2D eigenvalue weighted by atomic mass is 10.1. The van der Waals surface area contributed by atoms with Gasteiger partial charge in [0.1, 0.15) is 17.3 Å². The summed E-state index contributed by atoms with van der Waals surface area (Å²) in [4.78, 5) is 20.8. The first-order chi connectivity index (χ1) is 19.4. The highest BCUT2D eigenvalue weighted by atomic mass is 19.4. The molecule has 0 unspecified atom stereocenters. The average Bonchev–Trinajstić information content (AvgIpc) is 2.98. The molecule has 202 valence electrons. The number of ether oxygens (including phenoxy) is 2. The summed E-state index contributed by atoms with van der Waals surface area (Å²) >= 11 is 0. The number of rotatable bonds is 5. The lowest BCUT2D eigenvalue weighted by Crippen LogP contribution is -2.36. The molecule has 2 heterocycles. The van der Waals surface area contributed by atoms with Gasteiger partial charge in [0.25, 0.3) is 5.56 Å². The topological polar surface area (TPSA) is 56.6 Å². The minimum Gasteiger partial charge on any atom is -0.457 e. The van der Waals surface area contributed by atoms with Crippen LogP contribution in [0.2, 0.25) is 0 Å². The van der Waals surface area contributed by atoms with Gasteiger partial charge in [-0.15, -0.1) is 0 Å². The molecule has 6 rings (SSSR count). The first-order valence-electron chi connectivity index (χ1n) is 12.8. The Kier molecular flexibility index (Phi) is 6.73. The number of alkyl halides is 3. The maximum atomic E-state index is 13.8. The predicted octanol–water partition coefficient (Wildman–Crippen LogP) is 6.70. The van der Waals surface area contributed by atoms with E-state index >= 15 is 0 Å². The summed E-state index contributed by atoms with van der Waals surface area (Å²) < 4.78 is 52.4. The molecule has 1 fully saturated rings. The summed E-state index contributed by atoms with van der Waals surface area (Å²) in [5.41, 5.74) is 1.75. The fourth-order valence-corrected chi connectivity index (χ4v) is 4.77. The number of benzene rings is 4. The van der Waals surface area contributed by atoms with Crippen LogP contribution in [0.1, 0.15) is 5.56 Å². The van der Waals surface area contributed by atoms with E-state index in [1.54, 1.807) is 47.0 Å². The van der Waals surface area contributed by atoms with E-state index in [9.17, 15) is 18.0 Å². The van der Waals surface area contributed by atoms with Crippen molar-refractivity contribution in [3.05, 3.63) is 113 Å². The van der Waals surface area contributed by atoms with E-state index in [2.05, 4.69) is 4.90 Å². The zero-order chi connectivity index (χ0) is 27.7. The van der Waals surface area contributed by atoms with Crippen LogP contribution in [0.5, 0.6) is 11.5 Å². The van der Waals surface area contributed by atoms with Gasteiger partial charge in [-0.25, -0.2) is 4.98 Å². The van der Waals surface area contributed by atoms with E-state index in [-0.39, 0.29) is 11.3 Å². The second kappa shape index (κ2) is 10.5. The van der Waals surface area contributed by atoms with Crippen molar-refractivity contribution in [3.8, 4) is 28.6 Å². The quantitative estimate of drug-likeness (QED) is 0.247. The maximum absolute atomic E-state index is 13.8. The SMILES string of the molecule is O=c1c2ccccc2nc(-c2cccc(Oc3cccc(C(F)(F)F)c3)c2)n1-c1ccc(N2CCOCC2)cc1. The van der Waals surface area contributed by atoms with Crippen LogP contribution in [0.3, 0.4) is 0 Å². The van der Waals surface area contributed by atoms with E-state index in [0.717, 1.165) is 30.9 Å². The third-order valence-corrected chi connectivity index (χ3v) is 6.75. The van der Waals surface area contributed by atoms with Gasteiger partial charge in [-0.1, -0.05) is 30.3 Å². The number of aromatic nitrogens is 2. The maximum Gasteiger partial charge on any atom is 0.416 e. The Hall–Kier alpha value is -4.63. The fraction of sp³-hybridized carbons (Fsp3) is 0.161. The van der Waals surface area contributed by atoms with Crippen molar-refractivity contribution < 1.29 is 22.6 Å². The van der Waals surface area contributed by atoms with Gasteiger partial charge in [-0.3, -0.25) is 9.36 Å². The highest BCUT2D eigenvalue weighted by molar-refractivity contribution is 5.80. The molecule has 0 saturated carbocycles. The monoisotopic (exact) mass is 543 g/mol. The van der Waals surface area contributed by atoms with Gasteiger partial charge >= 0.3 is 6.18 Å². The molecule has 0 aliphatic carbocycles. The summed E-state index contributed by atoms with van der Waals surface area (Å²) in [6.07, 6.45) is -4.48. The molecule has 0 bridgehead atoms. The van der Waals surface area contributed by atoms with Gasteiger partial charge in [0, 0.05) is 24.3 Å². The van der Waals surface area contributed by atoms with E-state index in [0.29, 0.717) is 46.9 Å². The van der Waals surface area contributed by atoms with Crippen LogP contribution in [-0.2, 0) is 10.9 Å². The van der Waals surface area contributed by atoms with E-state index < -0.39 is 11.7 Å². The number of fused-ring (bicyclic) bond motifs is 1. The summed E-state index contributed by atoms with van der Waals surface area (Å²) in [5.74, 6) is 0.750. The highest BCUT2D eigenvalue weighted by Gasteiger charge is 2.30. The zero-order valence-electron chi connectivity index (χ0n) is 21.3. The van der Waals surface area contributed by atoms with Crippen molar-refractivity contribution in [1.29, 1.82) is 0 Å². The van der Waals surface area contributed by atoms with Crippen LogP contribution < -0.4 is 15.2 Å². The van der Waals surface area contributed by atoms with Gasteiger partial charge in [-0.05, 0) is 66.7 Å². The van der Waals surface area contributed by atoms with Gasteiger partial charge in [0.05, 0.1) is 35.4 Å². The Morgan fingerprint density at radius 2 is 1.45 bits per heavy atom. The van der Waals surface area contributed by atoms with Crippen LogP contribution in [0.4, 0.5) is 18.9 Å². The second-order valence-electron chi connectivity index (χ2n) is 9.36. The molecule has 9 heteroatoms. The molecule has 5 aromatic rings. The number of hydrogen-bond acceptors (Lipinski definition) is 5. The van der Waals surface area contributed by atoms with Crippen molar-refractivity contribution in [2.45, 2.75) is 6.18 Å². The van der Waals surface area contributed by atoms with Crippen molar-refractivity contribution in [1.82, 2.24) is 9.55 Å². The Labute approximate surface area is 227 Å². The van der Waals surface area contributed by atoms with Crippen molar-refractivity contribution in [2.75, 3.05) is 31.2 Å². The number of hydrogen-bond donors (Lipinski definition) is 0. The molecule has 0 N–H and O–H groups in total. The number of morpholine rings is 1. The molecule has 0 spiro atoms. The third kappa shape index (κ3) is 5.15. The Balaban J connectivity index is 1.42. The minimum atomic E-state index is -4.48. The number of para-hydroxylation sites is 1. The summed E-state index contributed by atoms with van der Waals surface area (Å²) in [7, 11) is 0. The Morgan fingerprint density at radius 1 is 0.775 bits per heavy atom. The molecular weight excluding hydrogens is 519 g/mol. The summed E-state index contributed by atoms with van der Waals surface area (Å²) in [6.45, 7) is 2.92. The molecule has 6 nitrogen and oxygen atoms in total. The van der Waals surface area contributed by atoms with E-state index in [1.807, 2.05) is 30.3 Å². The number of halogens is 3. The molecule has 4 aromatic carbocycles. The molecule has 1 aliphatic rings. The minimum absolute atomic E-state index is 0.0505. The Morgan fingerprint density at radius 3 is 2.20 bits per heavy atom. The van der Waals surface area contributed by atoms with Crippen LogP contribution in [0.25, 0.3) is 28.0 Å². The second-order valence-corrected chi connectivity index (χ2v) is 9.36. The van der Waals surface area contributed by atoms with Gasteiger partial charge in [-0.2, -0.15) is 13.2 Å². The van der Waals surface area contributed by atoms with Crippen molar-refractivity contribution >= 4 is 16.6 Å². The average molecular weight is 544 g/mol. The molecule has 40 heavy (non-hydrogen) atoms. The lowest BCUT2D eigenvalue weighted by molar-refractivity contribution is -0.137. The lowest BCUT2D eigenvalue weighted by Gasteiger charge is -2.29. The van der Waals surface area contributed by atoms with Crippen LogP contribution >= 0.6 is 0 Å². The molecule has 1 aliphatic heterocycles. The van der Waals surface area contributed by atoms with Crippen LogP contribution in [0, 0.1) is 0 Å². The molecule has 1 saturated heterocycles. The first-order valence-corrected chi connectivity index (χ1v) is 12.8. The van der Waals surface area contributed by atoms with Crippen LogP contribution in [-0.4, -0.2) is 35.9 Å². The molecular formula is C31H24F3N3O3. The van der Waals surface area contributed by atoms with Crippen molar-refractivity contribution in [3.63, 3.8) is 0 Å². The molecule has 0 amide bonds. The van der Waals surface area contributed by atoms with E-state index in [1.165, 1.54) is 12.1 Å². The van der Waals surface area contributed by atoms with Gasteiger partial charge in [0.2, 0.25) is 0 Å². The standard InChI is InChI=1S/C31H24F3N3O3/c32-31(33,34)22-6-4-8-26(20-22)40-25-7-3-5-21(19-25)29-35-28-10-2-1-9-27(28)30(38)37(29)24-13-11-23(12-14-24)36-15-17-39-18-16-36/h1-14,19-20H,15-18H2. The van der Waals surface area contributed by atoms with Crippen molar-refractivity contribution in [2.24, 2.45) is 0 Å². The van der Waals surface area contributed by atoms with Gasteiger partial charge < -0.3 is 14.4 Å². The summed E-state index contributed by atoms with van der Waals surface area (Å²) in [5, 5.41) is 0.472. The summed E-state index contributed by atoms with van der Waals surface area (Å²) in [6, 6.07) is 26.3. The smallest absolute Gasteiger partial charge is 0.416 e. The highest BCUT2D eigenvalue weighted by Crippen LogP contribution is 2.34. The van der Waals surface area contributed by atoms with Gasteiger partial charge in [0.15, 0.2) is 0 Å². The number of anilines is 1. The first kappa shape index (κ1) is 25.6. The zero-order valence-corrected chi connectivity index (χ0v) is 21.3.